The van der Waals surface area contributed by atoms with E-state index in [1.54, 1.807) is 18.2 Å². The number of benzene rings is 3. The highest BCUT2D eigenvalue weighted by atomic mass is 35.5. The van der Waals surface area contributed by atoms with Crippen molar-refractivity contribution >= 4 is 68.9 Å². The molecule has 176 valence electrons. The summed E-state index contributed by atoms with van der Waals surface area (Å²) in [5, 5.41) is 22.1. The van der Waals surface area contributed by atoms with Crippen LogP contribution in [0.2, 0.25) is 5.02 Å². The van der Waals surface area contributed by atoms with Gasteiger partial charge in [0, 0.05) is 6.07 Å². The van der Waals surface area contributed by atoms with E-state index in [4.69, 9.17) is 28.6 Å². The van der Waals surface area contributed by atoms with Gasteiger partial charge in [-0.2, -0.15) is 0 Å². The lowest BCUT2D eigenvalue weighted by molar-refractivity contribution is -0.394. The Kier molecular flexibility index (Phi) is 6.78. The summed E-state index contributed by atoms with van der Waals surface area (Å²) in [5.74, 6) is -1.03. The van der Waals surface area contributed by atoms with E-state index in [9.17, 15) is 29.4 Å². The van der Waals surface area contributed by atoms with Gasteiger partial charge in [-0.1, -0.05) is 47.7 Å². The van der Waals surface area contributed by atoms with Crippen LogP contribution < -0.4 is 9.64 Å². The Hall–Kier alpha value is -3.87. The van der Waals surface area contributed by atoms with Crippen LogP contribution in [0.3, 0.4) is 0 Å². The number of nitro groups is 2. The maximum Gasteiger partial charge on any atom is 0.318 e. The fraction of sp³-hybridized carbons (Fsp3) is 0. The summed E-state index contributed by atoms with van der Waals surface area (Å²) in [5.41, 5.74) is -0.153. The number of carbonyl (C=O) groups excluding carboxylic acids is 1. The largest absolute Gasteiger partial charge is 0.450 e. The van der Waals surface area contributed by atoms with E-state index in [1.807, 2.05) is 0 Å². The molecule has 9 nitrogen and oxygen atoms in total. The van der Waals surface area contributed by atoms with Crippen molar-refractivity contribution in [1.82, 2.24) is 0 Å². The molecule has 1 amide bonds. The molecule has 1 aliphatic heterocycles. The van der Waals surface area contributed by atoms with Gasteiger partial charge in [-0.3, -0.25) is 29.9 Å². The van der Waals surface area contributed by atoms with Crippen LogP contribution in [0.4, 0.5) is 21.5 Å². The smallest absolute Gasteiger partial charge is 0.318 e. The first-order chi connectivity index (χ1) is 16.6. The average molecular weight is 532 g/mol. The Morgan fingerprint density at radius 1 is 1.06 bits per heavy atom. The monoisotopic (exact) mass is 531 g/mol. The molecule has 0 saturated carbocycles. The fourth-order valence-electron chi connectivity index (χ4n) is 3.11. The molecule has 13 heteroatoms. The Bertz CT molecular complexity index is 1450. The van der Waals surface area contributed by atoms with Gasteiger partial charge in [0.25, 0.3) is 11.6 Å². The van der Waals surface area contributed by atoms with Crippen molar-refractivity contribution in [3.05, 3.63) is 102 Å². The van der Waals surface area contributed by atoms with E-state index in [0.29, 0.717) is 11.3 Å². The number of thioether (sulfide) groups is 1. The Balaban J connectivity index is 1.60. The molecule has 0 aliphatic carbocycles. The molecule has 0 unspecified atom stereocenters. The van der Waals surface area contributed by atoms with Gasteiger partial charge in [-0.15, -0.1) is 0 Å². The summed E-state index contributed by atoms with van der Waals surface area (Å²) >= 11 is 12.2. The molecular formula is C22H11ClFN3O6S2. The molecule has 4 rings (SSSR count). The average Bonchev–Trinajstić information content (AvgIpc) is 3.08. The van der Waals surface area contributed by atoms with Gasteiger partial charge in [-0.05, 0) is 48.0 Å². The first kappa shape index (κ1) is 24.3. The summed E-state index contributed by atoms with van der Waals surface area (Å²) in [6, 6.07) is 13.2. The molecule has 0 spiro atoms. The maximum atomic E-state index is 13.5. The van der Waals surface area contributed by atoms with Crippen molar-refractivity contribution < 1.29 is 23.8 Å². The van der Waals surface area contributed by atoms with Crippen molar-refractivity contribution in [1.29, 1.82) is 0 Å². The molecular weight excluding hydrogens is 521 g/mol. The number of nitrogens with zero attached hydrogens (tertiary/aromatic N) is 3. The van der Waals surface area contributed by atoms with Crippen LogP contribution in [0.1, 0.15) is 5.56 Å². The molecule has 1 heterocycles. The van der Waals surface area contributed by atoms with Gasteiger partial charge >= 0.3 is 5.69 Å². The molecule has 0 aromatic heterocycles. The topological polar surface area (TPSA) is 116 Å². The molecule has 35 heavy (non-hydrogen) atoms. The zero-order chi connectivity index (χ0) is 25.3. The van der Waals surface area contributed by atoms with Gasteiger partial charge in [0.05, 0.1) is 31.5 Å². The summed E-state index contributed by atoms with van der Waals surface area (Å²) in [4.78, 5) is 35.2. The van der Waals surface area contributed by atoms with E-state index < -0.39 is 32.9 Å². The van der Waals surface area contributed by atoms with Crippen LogP contribution in [0, 0.1) is 26.0 Å². The standard InChI is InChI=1S/C22H11ClFN3O6S2/c23-16-10-13(4-6-17(16)24)25-21(28)20(35-22(25)34)9-12-2-1-3-15(8-12)33-19-7-5-14(26(29)30)11-18(19)27(31)32/h1-11H/b20-9+. The van der Waals surface area contributed by atoms with Crippen molar-refractivity contribution in [3.8, 4) is 11.5 Å². The lowest BCUT2D eigenvalue weighted by Crippen LogP contribution is -2.27. The maximum absolute atomic E-state index is 13.5. The second-order valence-electron chi connectivity index (χ2n) is 6.96. The number of carbonyl (C=O) groups is 1. The van der Waals surface area contributed by atoms with E-state index in [-0.39, 0.29) is 25.7 Å². The Morgan fingerprint density at radius 2 is 1.83 bits per heavy atom. The highest BCUT2D eigenvalue weighted by Gasteiger charge is 2.33. The molecule has 1 aliphatic rings. The number of halogens is 2. The third-order valence-corrected chi connectivity index (χ3v) is 6.28. The highest BCUT2D eigenvalue weighted by Crippen LogP contribution is 2.38. The molecule has 0 N–H and O–H groups in total. The summed E-state index contributed by atoms with van der Waals surface area (Å²) in [6.45, 7) is 0. The van der Waals surface area contributed by atoms with E-state index >= 15 is 0 Å². The van der Waals surface area contributed by atoms with Gasteiger partial charge in [-0.25, -0.2) is 4.39 Å². The van der Waals surface area contributed by atoms with Gasteiger partial charge in [0.15, 0.2) is 4.32 Å². The summed E-state index contributed by atoms with van der Waals surface area (Å²) < 4.78 is 19.3. The summed E-state index contributed by atoms with van der Waals surface area (Å²) in [7, 11) is 0. The molecule has 3 aromatic carbocycles. The predicted octanol–water partition coefficient (Wildman–Crippen LogP) is 6.49. The quantitative estimate of drug-likeness (QED) is 0.153. The molecule has 0 atom stereocenters. The lowest BCUT2D eigenvalue weighted by atomic mass is 10.2. The van der Waals surface area contributed by atoms with Crippen LogP contribution in [0.25, 0.3) is 6.08 Å². The molecule has 0 bridgehead atoms. The fourth-order valence-corrected chi connectivity index (χ4v) is 4.58. The second-order valence-corrected chi connectivity index (χ2v) is 9.04. The number of nitro benzene ring substituents is 2. The minimum Gasteiger partial charge on any atom is -0.450 e. The minimum absolute atomic E-state index is 0.147. The summed E-state index contributed by atoms with van der Waals surface area (Å²) in [6.07, 6.45) is 1.56. The highest BCUT2D eigenvalue weighted by molar-refractivity contribution is 8.27. The SMILES string of the molecule is O=C1/C(=C\c2cccc(Oc3ccc([N+](=O)[O-])cc3[N+](=O)[O-])c2)SC(=S)N1c1ccc(F)c(Cl)c1. The van der Waals surface area contributed by atoms with Crippen LogP contribution in [0.15, 0.2) is 65.6 Å². The number of non-ortho nitro benzene ring substituents is 1. The number of hydrogen-bond donors (Lipinski definition) is 0. The third kappa shape index (κ3) is 5.14. The van der Waals surface area contributed by atoms with E-state index in [1.165, 1.54) is 29.2 Å². The van der Waals surface area contributed by atoms with Crippen LogP contribution in [-0.2, 0) is 4.79 Å². The van der Waals surface area contributed by atoms with Gasteiger partial charge < -0.3 is 4.74 Å². The molecule has 3 aromatic rings. The zero-order valence-corrected chi connectivity index (χ0v) is 19.6. The van der Waals surface area contributed by atoms with Crippen molar-refractivity contribution in [3.63, 3.8) is 0 Å². The number of rotatable bonds is 6. The van der Waals surface area contributed by atoms with Crippen LogP contribution in [0.5, 0.6) is 11.5 Å². The normalized spacial score (nSPS) is 14.5. The molecule has 1 fully saturated rings. The number of hydrogen-bond acceptors (Lipinski definition) is 8. The molecule has 0 radical (unpaired) electrons. The first-order valence-corrected chi connectivity index (χ1v) is 11.2. The van der Waals surface area contributed by atoms with E-state index in [2.05, 4.69) is 0 Å². The van der Waals surface area contributed by atoms with Crippen LogP contribution >= 0.6 is 35.6 Å². The third-order valence-electron chi connectivity index (χ3n) is 4.69. The van der Waals surface area contributed by atoms with Gasteiger partial charge in [0.2, 0.25) is 5.75 Å². The van der Waals surface area contributed by atoms with Crippen LogP contribution in [-0.4, -0.2) is 20.1 Å². The predicted molar refractivity (Wildman–Crippen MR) is 133 cm³/mol. The first-order valence-electron chi connectivity index (χ1n) is 9.58. The van der Waals surface area contributed by atoms with Crippen molar-refractivity contribution in [2.24, 2.45) is 0 Å². The molecule has 1 saturated heterocycles. The van der Waals surface area contributed by atoms with Crippen molar-refractivity contribution in [2.45, 2.75) is 0 Å². The van der Waals surface area contributed by atoms with E-state index in [0.717, 1.165) is 36.0 Å². The van der Waals surface area contributed by atoms with Crippen molar-refractivity contribution in [2.75, 3.05) is 4.90 Å². The minimum atomic E-state index is -0.779. The zero-order valence-electron chi connectivity index (χ0n) is 17.2. The Labute approximate surface area is 211 Å². The van der Waals surface area contributed by atoms with Gasteiger partial charge in [0.1, 0.15) is 11.6 Å². The number of amides is 1. The number of anilines is 1. The number of thiocarbonyl (C=S) groups is 1. The second kappa shape index (κ2) is 9.78. The number of ether oxygens (including phenoxy) is 1. The Morgan fingerprint density at radius 3 is 2.51 bits per heavy atom. The lowest BCUT2D eigenvalue weighted by Gasteiger charge is -2.14.